The van der Waals surface area contributed by atoms with Gasteiger partial charge in [-0.2, -0.15) is 0 Å². The van der Waals surface area contributed by atoms with E-state index in [1.54, 1.807) is 6.92 Å². The van der Waals surface area contributed by atoms with Crippen LogP contribution in [0.3, 0.4) is 0 Å². The fraction of sp³-hybridized carbons (Fsp3) is 1.00. The molecule has 0 aromatic heterocycles. The van der Waals surface area contributed by atoms with Crippen LogP contribution in [-0.2, 0) is 10.1 Å². The standard InChI is InChI=1S/C8H17NO3S/c1-3-8(13(10,11)12)9(2)6-4-5-7-9/h8H,3-7H2,1-2H3. The van der Waals surface area contributed by atoms with Crippen molar-refractivity contribution < 1.29 is 17.5 Å². The first-order chi connectivity index (χ1) is 5.90. The molecule has 0 aromatic carbocycles. The van der Waals surface area contributed by atoms with Gasteiger partial charge in [-0.15, -0.1) is 0 Å². The number of rotatable bonds is 3. The summed E-state index contributed by atoms with van der Waals surface area (Å²) < 4.78 is 33.4. The molecule has 1 saturated heterocycles. The Morgan fingerprint density at radius 1 is 1.38 bits per heavy atom. The Morgan fingerprint density at radius 2 is 1.85 bits per heavy atom. The molecule has 5 heteroatoms. The number of hydrogen-bond donors (Lipinski definition) is 0. The third-order valence-electron chi connectivity index (χ3n) is 2.97. The van der Waals surface area contributed by atoms with Gasteiger partial charge < -0.3 is 9.04 Å². The lowest BCUT2D eigenvalue weighted by Crippen LogP contribution is -2.53. The van der Waals surface area contributed by atoms with E-state index in [2.05, 4.69) is 0 Å². The smallest absolute Gasteiger partial charge is 0.178 e. The Balaban J connectivity index is 2.89. The van der Waals surface area contributed by atoms with Crippen molar-refractivity contribution in [2.24, 2.45) is 0 Å². The van der Waals surface area contributed by atoms with Gasteiger partial charge >= 0.3 is 0 Å². The minimum Gasteiger partial charge on any atom is -0.743 e. The van der Waals surface area contributed by atoms with Crippen LogP contribution in [0.2, 0.25) is 0 Å². The molecule has 13 heavy (non-hydrogen) atoms. The maximum Gasteiger partial charge on any atom is 0.178 e. The van der Waals surface area contributed by atoms with Crippen LogP contribution in [0.5, 0.6) is 0 Å². The maximum atomic E-state index is 11.0. The third-order valence-corrected chi connectivity index (χ3v) is 4.47. The predicted octanol–water partition coefficient (Wildman–Crippen LogP) is 0.508. The Bertz CT molecular complexity index is 267. The quantitative estimate of drug-likeness (QED) is 0.500. The normalized spacial score (nSPS) is 24.5. The van der Waals surface area contributed by atoms with Crippen molar-refractivity contribution in [2.45, 2.75) is 31.6 Å². The minimum atomic E-state index is -4.13. The lowest BCUT2D eigenvalue weighted by Gasteiger charge is -2.38. The van der Waals surface area contributed by atoms with Gasteiger partial charge in [-0.3, -0.25) is 0 Å². The highest BCUT2D eigenvalue weighted by atomic mass is 32.2. The molecule has 0 aliphatic carbocycles. The number of hydrogen-bond acceptors (Lipinski definition) is 3. The van der Waals surface area contributed by atoms with E-state index < -0.39 is 15.5 Å². The van der Waals surface area contributed by atoms with Crippen molar-refractivity contribution in [3.05, 3.63) is 0 Å². The van der Waals surface area contributed by atoms with Gasteiger partial charge in [0.25, 0.3) is 0 Å². The average molecular weight is 207 g/mol. The first-order valence-corrected chi connectivity index (χ1v) is 6.16. The van der Waals surface area contributed by atoms with Crippen LogP contribution < -0.4 is 0 Å². The van der Waals surface area contributed by atoms with Crippen LogP contribution in [0, 0.1) is 0 Å². The van der Waals surface area contributed by atoms with Crippen molar-refractivity contribution in [3.8, 4) is 0 Å². The van der Waals surface area contributed by atoms with E-state index in [-0.39, 0.29) is 0 Å². The van der Waals surface area contributed by atoms with Crippen LogP contribution in [0.1, 0.15) is 26.2 Å². The Labute approximate surface area is 79.9 Å². The first-order valence-electron chi connectivity index (χ1n) is 4.69. The molecule has 1 aliphatic heterocycles. The highest BCUT2D eigenvalue weighted by Gasteiger charge is 2.38. The van der Waals surface area contributed by atoms with Crippen molar-refractivity contribution in [2.75, 3.05) is 20.1 Å². The molecule has 1 heterocycles. The molecule has 1 aliphatic rings. The monoisotopic (exact) mass is 207 g/mol. The summed E-state index contributed by atoms with van der Waals surface area (Å²) in [7, 11) is -2.26. The summed E-state index contributed by atoms with van der Waals surface area (Å²) >= 11 is 0. The fourth-order valence-electron chi connectivity index (χ4n) is 2.30. The zero-order valence-electron chi connectivity index (χ0n) is 8.19. The minimum absolute atomic E-state index is 0.419. The van der Waals surface area contributed by atoms with Gasteiger partial charge in [0.2, 0.25) is 0 Å². The van der Waals surface area contributed by atoms with E-state index in [0.29, 0.717) is 10.9 Å². The molecular weight excluding hydrogens is 190 g/mol. The van der Waals surface area contributed by atoms with Crippen LogP contribution in [0.25, 0.3) is 0 Å². The second-order valence-electron chi connectivity index (χ2n) is 3.99. The molecule has 1 fully saturated rings. The molecule has 4 nitrogen and oxygen atoms in total. The molecular formula is C8H17NO3S. The van der Waals surface area contributed by atoms with Gasteiger partial charge in [0.1, 0.15) is 10.1 Å². The Hall–Kier alpha value is -0.130. The predicted molar refractivity (Wildman–Crippen MR) is 48.9 cm³/mol. The largest absolute Gasteiger partial charge is 0.743 e. The molecule has 0 spiro atoms. The van der Waals surface area contributed by atoms with E-state index in [0.717, 1.165) is 25.9 Å². The summed E-state index contributed by atoms with van der Waals surface area (Å²) in [5.74, 6) is 0. The summed E-state index contributed by atoms with van der Waals surface area (Å²) in [5, 5.41) is -0.741. The van der Waals surface area contributed by atoms with Gasteiger partial charge in [0.15, 0.2) is 5.37 Å². The van der Waals surface area contributed by atoms with E-state index in [1.807, 2.05) is 7.05 Å². The van der Waals surface area contributed by atoms with Crippen molar-refractivity contribution >= 4 is 10.1 Å². The summed E-state index contributed by atoms with van der Waals surface area (Å²) in [6.07, 6.45) is 2.48. The van der Waals surface area contributed by atoms with Crippen molar-refractivity contribution in [1.82, 2.24) is 0 Å². The Kier molecular flexibility index (Phi) is 2.99. The lowest BCUT2D eigenvalue weighted by molar-refractivity contribution is -0.909. The topological polar surface area (TPSA) is 57.2 Å². The number of quaternary nitrogens is 1. The summed E-state index contributed by atoms with van der Waals surface area (Å²) in [6, 6.07) is 0. The van der Waals surface area contributed by atoms with Crippen LogP contribution in [0.4, 0.5) is 0 Å². The van der Waals surface area contributed by atoms with Crippen molar-refractivity contribution in [1.29, 1.82) is 0 Å². The third kappa shape index (κ3) is 2.21. The van der Waals surface area contributed by atoms with E-state index in [4.69, 9.17) is 0 Å². The SMILES string of the molecule is CCC([N+]1(C)CCCC1)S(=O)(=O)[O-]. The zero-order valence-corrected chi connectivity index (χ0v) is 9.01. The second kappa shape index (κ2) is 3.55. The highest BCUT2D eigenvalue weighted by molar-refractivity contribution is 7.86. The molecule has 0 aromatic rings. The number of likely N-dealkylation sites (tertiary alicyclic amines) is 1. The summed E-state index contributed by atoms with van der Waals surface area (Å²) in [5.41, 5.74) is 0. The molecule has 1 atom stereocenters. The second-order valence-corrected chi connectivity index (χ2v) is 5.52. The molecule has 1 rings (SSSR count). The average Bonchev–Trinajstić information content (AvgIpc) is 2.34. The van der Waals surface area contributed by atoms with Gasteiger partial charge in [0, 0.05) is 19.3 Å². The zero-order chi connectivity index (χ0) is 10.1. The Morgan fingerprint density at radius 3 is 2.15 bits per heavy atom. The molecule has 0 amide bonds. The molecule has 0 N–H and O–H groups in total. The number of nitrogens with zero attached hydrogens (tertiary/aromatic N) is 1. The van der Waals surface area contributed by atoms with Crippen LogP contribution >= 0.6 is 0 Å². The molecule has 0 bridgehead atoms. The van der Waals surface area contributed by atoms with Crippen LogP contribution in [0.15, 0.2) is 0 Å². The maximum absolute atomic E-state index is 11.0. The summed E-state index contributed by atoms with van der Waals surface area (Å²) in [4.78, 5) is 0. The lowest BCUT2D eigenvalue weighted by atomic mass is 10.4. The van der Waals surface area contributed by atoms with E-state index in [9.17, 15) is 13.0 Å². The molecule has 78 valence electrons. The van der Waals surface area contributed by atoms with Gasteiger partial charge in [-0.1, -0.05) is 6.92 Å². The molecule has 1 unspecified atom stereocenters. The van der Waals surface area contributed by atoms with Gasteiger partial charge in [-0.05, 0) is 0 Å². The van der Waals surface area contributed by atoms with Gasteiger partial charge in [0.05, 0.1) is 20.1 Å². The van der Waals surface area contributed by atoms with Gasteiger partial charge in [-0.25, -0.2) is 8.42 Å². The fourth-order valence-corrected chi connectivity index (χ4v) is 3.54. The van der Waals surface area contributed by atoms with Crippen molar-refractivity contribution in [3.63, 3.8) is 0 Å². The molecule has 0 saturated carbocycles. The van der Waals surface area contributed by atoms with E-state index >= 15 is 0 Å². The molecule has 0 radical (unpaired) electrons. The first kappa shape index (κ1) is 10.9. The van der Waals surface area contributed by atoms with Crippen LogP contribution in [-0.4, -0.2) is 43.0 Å². The van der Waals surface area contributed by atoms with E-state index in [1.165, 1.54) is 0 Å². The summed E-state index contributed by atoms with van der Waals surface area (Å²) in [6.45, 7) is 3.40. The highest BCUT2D eigenvalue weighted by Crippen LogP contribution is 2.25.